The quantitative estimate of drug-likeness (QED) is 0.670. The molecule has 1 aliphatic carbocycles. The van der Waals surface area contributed by atoms with Crippen LogP contribution in [-0.4, -0.2) is 29.2 Å². The summed E-state index contributed by atoms with van der Waals surface area (Å²) in [6.07, 6.45) is 5.38. The zero-order valence-corrected chi connectivity index (χ0v) is 15.7. The van der Waals surface area contributed by atoms with Crippen LogP contribution in [0.3, 0.4) is 0 Å². The first-order chi connectivity index (χ1) is 13.7. The van der Waals surface area contributed by atoms with Crippen LogP contribution in [-0.2, 0) is 4.65 Å². The molecule has 0 fully saturated rings. The van der Waals surface area contributed by atoms with Crippen LogP contribution in [0.2, 0.25) is 0 Å². The fourth-order valence-electron chi connectivity index (χ4n) is 3.30. The van der Waals surface area contributed by atoms with Gasteiger partial charge in [-0.3, -0.25) is 0 Å². The van der Waals surface area contributed by atoms with Crippen molar-refractivity contribution in [2.45, 2.75) is 12.8 Å². The molecule has 4 rings (SSSR count). The average Bonchev–Trinajstić information content (AvgIpc) is 2.79. The van der Waals surface area contributed by atoms with Crippen molar-refractivity contribution in [3.05, 3.63) is 90.2 Å². The normalized spacial score (nSPS) is 13.6. The predicted octanol–water partition coefficient (Wildman–Crippen LogP) is 4.58. The van der Waals surface area contributed by atoms with Gasteiger partial charge in [-0.1, -0.05) is 72.8 Å². The Labute approximate surface area is 165 Å². The Hall–Kier alpha value is -3.02. The predicted molar refractivity (Wildman–Crippen MR) is 113 cm³/mol. The minimum atomic E-state index is -0.853. The first kappa shape index (κ1) is 18.4. The Kier molecular flexibility index (Phi) is 5.46. The summed E-state index contributed by atoms with van der Waals surface area (Å²) in [6, 6.07) is 22.3. The van der Waals surface area contributed by atoms with Gasteiger partial charge in [-0.15, -0.1) is 0 Å². The van der Waals surface area contributed by atoms with Gasteiger partial charge in [0.25, 0.3) is 0 Å². The lowest BCUT2D eigenvalue weighted by Crippen LogP contribution is -2.20. The van der Waals surface area contributed by atoms with Gasteiger partial charge < -0.3 is 9.68 Å². The zero-order chi connectivity index (χ0) is 19.3. The molecule has 28 heavy (non-hydrogen) atoms. The molecule has 0 amide bonds. The third-order valence-corrected chi connectivity index (χ3v) is 4.87. The molecule has 1 aromatic heterocycles. The molecule has 0 bridgehead atoms. The van der Waals surface area contributed by atoms with E-state index in [1.54, 1.807) is 0 Å². The first-order valence-corrected chi connectivity index (χ1v) is 9.35. The van der Waals surface area contributed by atoms with E-state index < -0.39 is 7.12 Å². The van der Waals surface area contributed by atoms with Gasteiger partial charge in [-0.25, -0.2) is 9.97 Å². The summed E-state index contributed by atoms with van der Waals surface area (Å²) >= 11 is 0. The maximum absolute atomic E-state index is 9.87. The molecule has 3 aromatic rings. The van der Waals surface area contributed by atoms with E-state index in [2.05, 4.69) is 24.3 Å². The van der Waals surface area contributed by atoms with E-state index >= 15 is 0 Å². The van der Waals surface area contributed by atoms with Crippen LogP contribution in [0.15, 0.2) is 84.4 Å². The highest BCUT2D eigenvalue weighted by molar-refractivity contribution is 6.52. The van der Waals surface area contributed by atoms with Crippen molar-refractivity contribution in [1.29, 1.82) is 0 Å². The fourth-order valence-corrected chi connectivity index (χ4v) is 3.30. The van der Waals surface area contributed by atoms with Crippen molar-refractivity contribution in [3.8, 4) is 22.5 Å². The van der Waals surface area contributed by atoms with Gasteiger partial charge in [0.05, 0.1) is 11.4 Å². The number of rotatable bonds is 5. The number of allylic oxidation sites excluding steroid dienone is 4. The Morgan fingerprint density at radius 3 is 1.86 bits per heavy atom. The summed E-state index contributed by atoms with van der Waals surface area (Å²) in [5.74, 6) is 0.724. The van der Waals surface area contributed by atoms with E-state index in [0.717, 1.165) is 52.2 Å². The Morgan fingerprint density at radius 1 is 0.821 bits per heavy atom. The van der Waals surface area contributed by atoms with Crippen LogP contribution in [0.25, 0.3) is 28.1 Å². The number of hydrogen-bond acceptors (Lipinski definition) is 4. The second-order valence-electron chi connectivity index (χ2n) is 6.72. The Balaban J connectivity index is 1.79. The summed E-state index contributed by atoms with van der Waals surface area (Å²) in [5.41, 5.74) is 5.85. The molecule has 2 aromatic carbocycles. The summed E-state index contributed by atoms with van der Waals surface area (Å²) in [7, 11) is 0.651. The molecule has 5 heteroatoms. The highest BCUT2D eigenvalue weighted by Crippen LogP contribution is 2.30. The maximum Gasteiger partial charge on any atom is 0.486 e. The van der Waals surface area contributed by atoms with Crippen LogP contribution in [0.5, 0.6) is 0 Å². The molecule has 1 N–H and O–H groups in total. The number of hydrogen-bond donors (Lipinski definition) is 1. The second kappa shape index (κ2) is 8.34. The summed E-state index contributed by atoms with van der Waals surface area (Å²) in [4.78, 5) is 9.68. The molecule has 138 valence electrons. The van der Waals surface area contributed by atoms with Crippen molar-refractivity contribution in [2.24, 2.45) is 0 Å². The van der Waals surface area contributed by atoms with Gasteiger partial charge in [-0.2, -0.15) is 0 Å². The van der Waals surface area contributed by atoms with E-state index in [0.29, 0.717) is 0 Å². The average molecular weight is 368 g/mol. The lowest BCUT2D eigenvalue weighted by molar-refractivity contribution is 0.335. The van der Waals surface area contributed by atoms with Gasteiger partial charge in [0.1, 0.15) is 0 Å². The number of aromatic nitrogens is 2. The van der Waals surface area contributed by atoms with E-state index in [4.69, 9.17) is 14.6 Å². The topological polar surface area (TPSA) is 55.2 Å². The van der Waals surface area contributed by atoms with Crippen molar-refractivity contribution < 1.29 is 9.68 Å². The van der Waals surface area contributed by atoms with Crippen molar-refractivity contribution in [2.75, 3.05) is 7.11 Å². The van der Waals surface area contributed by atoms with E-state index in [-0.39, 0.29) is 0 Å². The number of nitrogens with zero attached hydrogens (tertiary/aromatic N) is 2. The Bertz CT molecular complexity index is 960. The molecule has 0 saturated carbocycles. The van der Waals surface area contributed by atoms with Gasteiger partial charge in [0, 0.05) is 18.2 Å². The standard InChI is InChI=1S/C23H21BN2O2/c1-28-24(27)20-14-12-19(13-15-20)23-25-21(17-8-4-2-5-9-17)16-22(26-23)18-10-6-3-7-11-18/h2-12,14,16,27H,13,15H2,1H3. The van der Waals surface area contributed by atoms with E-state index in [1.165, 1.54) is 7.11 Å². The molecular formula is C23H21BN2O2. The summed E-state index contributed by atoms with van der Waals surface area (Å²) in [6.45, 7) is 0. The second-order valence-corrected chi connectivity index (χ2v) is 6.72. The molecule has 0 unspecified atom stereocenters. The summed E-state index contributed by atoms with van der Waals surface area (Å²) in [5, 5.41) is 9.87. The zero-order valence-electron chi connectivity index (χ0n) is 15.7. The molecule has 1 heterocycles. The van der Waals surface area contributed by atoms with Crippen LogP contribution in [0, 0.1) is 0 Å². The molecule has 0 atom stereocenters. The van der Waals surface area contributed by atoms with Crippen molar-refractivity contribution >= 4 is 12.7 Å². The van der Waals surface area contributed by atoms with E-state index in [9.17, 15) is 5.02 Å². The Morgan fingerprint density at radius 2 is 1.39 bits per heavy atom. The van der Waals surface area contributed by atoms with Crippen LogP contribution in [0.1, 0.15) is 18.7 Å². The fraction of sp³-hybridized carbons (Fsp3) is 0.130. The van der Waals surface area contributed by atoms with Crippen LogP contribution < -0.4 is 0 Å². The minimum absolute atomic E-state index is 0.723. The lowest BCUT2D eigenvalue weighted by atomic mass is 9.73. The van der Waals surface area contributed by atoms with Crippen LogP contribution >= 0.6 is 0 Å². The monoisotopic (exact) mass is 368 g/mol. The van der Waals surface area contributed by atoms with E-state index in [1.807, 2.05) is 54.6 Å². The molecule has 0 aliphatic heterocycles. The summed E-state index contributed by atoms with van der Waals surface area (Å²) < 4.78 is 5.01. The third kappa shape index (κ3) is 3.96. The van der Waals surface area contributed by atoms with Gasteiger partial charge in [0.2, 0.25) is 0 Å². The van der Waals surface area contributed by atoms with Gasteiger partial charge in [0.15, 0.2) is 5.82 Å². The third-order valence-electron chi connectivity index (χ3n) is 4.87. The molecule has 0 spiro atoms. The lowest BCUT2D eigenvalue weighted by Gasteiger charge is -2.16. The number of benzene rings is 2. The molecule has 0 saturated heterocycles. The van der Waals surface area contributed by atoms with Gasteiger partial charge >= 0.3 is 7.12 Å². The van der Waals surface area contributed by atoms with Crippen molar-refractivity contribution in [3.63, 3.8) is 0 Å². The molecule has 1 aliphatic rings. The van der Waals surface area contributed by atoms with Gasteiger partial charge in [-0.05, 0) is 30.0 Å². The molecular weight excluding hydrogens is 347 g/mol. The molecule has 4 nitrogen and oxygen atoms in total. The van der Waals surface area contributed by atoms with Crippen molar-refractivity contribution in [1.82, 2.24) is 9.97 Å². The minimum Gasteiger partial charge on any atom is -0.423 e. The highest BCUT2D eigenvalue weighted by atomic mass is 16.5. The SMILES string of the molecule is COB(O)C1=CC=C(c2nc(-c3ccccc3)cc(-c3ccccc3)n2)CC1. The first-order valence-electron chi connectivity index (χ1n) is 9.35. The van der Waals surface area contributed by atoms with Crippen LogP contribution in [0.4, 0.5) is 0 Å². The largest absolute Gasteiger partial charge is 0.486 e. The highest BCUT2D eigenvalue weighted by Gasteiger charge is 2.21. The maximum atomic E-state index is 9.87. The molecule has 0 radical (unpaired) electrons. The smallest absolute Gasteiger partial charge is 0.423 e.